The molecular formula is C13H14BrFN2S. The number of benzene rings is 1. The molecule has 5 heteroatoms. The van der Waals surface area contributed by atoms with Gasteiger partial charge in [0.1, 0.15) is 5.82 Å². The van der Waals surface area contributed by atoms with Crippen molar-refractivity contribution >= 4 is 27.3 Å². The lowest BCUT2D eigenvalue weighted by molar-refractivity contribution is 0.569. The van der Waals surface area contributed by atoms with Crippen molar-refractivity contribution in [2.24, 2.45) is 0 Å². The normalized spacial score (nSPS) is 12.6. The zero-order chi connectivity index (χ0) is 13.0. The Labute approximate surface area is 118 Å². The SMILES string of the molecule is CC(NCCc1cscn1)c1ccc(F)cc1Br. The Balaban J connectivity index is 1.89. The van der Waals surface area contributed by atoms with Crippen LogP contribution in [-0.4, -0.2) is 11.5 Å². The zero-order valence-corrected chi connectivity index (χ0v) is 12.4. The first kappa shape index (κ1) is 13.6. The minimum atomic E-state index is -0.222. The molecule has 0 bridgehead atoms. The van der Waals surface area contributed by atoms with Crippen LogP contribution >= 0.6 is 27.3 Å². The van der Waals surface area contributed by atoms with Crippen molar-refractivity contribution in [3.8, 4) is 0 Å². The van der Waals surface area contributed by atoms with E-state index >= 15 is 0 Å². The Hall–Kier alpha value is -0.780. The molecule has 1 atom stereocenters. The summed E-state index contributed by atoms with van der Waals surface area (Å²) in [5.41, 5.74) is 4.02. The molecule has 1 aromatic carbocycles. The first-order valence-electron chi connectivity index (χ1n) is 5.72. The van der Waals surface area contributed by atoms with E-state index in [1.54, 1.807) is 17.4 Å². The van der Waals surface area contributed by atoms with Gasteiger partial charge in [0.05, 0.1) is 11.2 Å². The Morgan fingerprint density at radius 1 is 1.50 bits per heavy atom. The Bertz CT molecular complexity index is 502. The van der Waals surface area contributed by atoms with E-state index in [-0.39, 0.29) is 11.9 Å². The van der Waals surface area contributed by atoms with E-state index in [0.29, 0.717) is 0 Å². The predicted molar refractivity (Wildman–Crippen MR) is 76.3 cm³/mol. The molecule has 2 nitrogen and oxygen atoms in total. The maximum absolute atomic E-state index is 13.0. The quantitative estimate of drug-likeness (QED) is 0.899. The second-order valence-electron chi connectivity index (χ2n) is 4.07. The molecule has 2 rings (SSSR count). The second kappa shape index (κ2) is 6.41. The summed E-state index contributed by atoms with van der Waals surface area (Å²) in [6, 6.07) is 4.96. The van der Waals surface area contributed by atoms with Crippen LogP contribution in [0.3, 0.4) is 0 Å². The van der Waals surface area contributed by atoms with Crippen LogP contribution in [0.2, 0.25) is 0 Å². The third-order valence-corrected chi connectivity index (χ3v) is 4.07. The van der Waals surface area contributed by atoms with Crippen LogP contribution in [0.25, 0.3) is 0 Å². The highest BCUT2D eigenvalue weighted by Gasteiger charge is 2.09. The molecule has 0 saturated heterocycles. The highest BCUT2D eigenvalue weighted by atomic mass is 79.9. The van der Waals surface area contributed by atoms with Crippen molar-refractivity contribution < 1.29 is 4.39 Å². The first-order chi connectivity index (χ1) is 8.66. The maximum Gasteiger partial charge on any atom is 0.124 e. The molecule has 0 aliphatic rings. The standard InChI is InChI=1S/C13H14BrFN2S/c1-9(12-3-2-10(15)6-13(12)14)16-5-4-11-7-18-8-17-11/h2-3,6-9,16H,4-5H2,1H3. The average Bonchev–Trinajstić information content (AvgIpc) is 2.81. The van der Waals surface area contributed by atoms with Crippen molar-refractivity contribution in [1.82, 2.24) is 10.3 Å². The summed E-state index contributed by atoms with van der Waals surface area (Å²) in [6.07, 6.45) is 0.909. The summed E-state index contributed by atoms with van der Waals surface area (Å²) in [6.45, 7) is 2.92. The molecule has 1 N–H and O–H groups in total. The molecule has 0 aliphatic heterocycles. The number of hydrogen-bond donors (Lipinski definition) is 1. The van der Waals surface area contributed by atoms with Crippen molar-refractivity contribution in [1.29, 1.82) is 0 Å². The third kappa shape index (κ3) is 3.60. The van der Waals surface area contributed by atoms with Gasteiger partial charge >= 0.3 is 0 Å². The van der Waals surface area contributed by atoms with Crippen LogP contribution in [-0.2, 0) is 6.42 Å². The van der Waals surface area contributed by atoms with E-state index in [0.717, 1.165) is 28.7 Å². The Morgan fingerprint density at radius 2 is 2.33 bits per heavy atom. The topological polar surface area (TPSA) is 24.9 Å². The van der Waals surface area contributed by atoms with Crippen molar-refractivity contribution in [2.75, 3.05) is 6.54 Å². The molecule has 2 aromatic rings. The van der Waals surface area contributed by atoms with Gasteiger partial charge in [0.2, 0.25) is 0 Å². The summed E-state index contributed by atoms with van der Waals surface area (Å²) >= 11 is 5.00. The molecule has 1 unspecified atom stereocenters. The van der Waals surface area contributed by atoms with Crippen LogP contribution in [0.15, 0.2) is 33.6 Å². The van der Waals surface area contributed by atoms with Crippen molar-refractivity contribution in [3.05, 3.63) is 50.6 Å². The highest BCUT2D eigenvalue weighted by molar-refractivity contribution is 9.10. The van der Waals surface area contributed by atoms with Crippen LogP contribution in [0.1, 0.15) is 24.2 Å². The summed E-state index contributed by atoms with van der Waals surface area (Å²) in [5, 5.41) is 5.47. The molecule has 0 fully saturated rings. The fourth-order valence-electron chi connectivity index (χ4n) is 1.74. The molecule has 1 heterocycles. The van der Waals surface area contributed by atoms with Gasteiger partial charge in [-0.1, -0.05) is 22.0 Å². The average molecular weight is 329 g/mol. The number of nitrogens with one attached hydrogen (secondary N) is 1. The van der Waals surface area contributed by atoms with E-state index in [1.165, 1.54) is 12.1 Å². The molecule has 0 saturated carbocycles. The van der Waals surface area contributed by atoms with Crippen LogP contribution < -0.4 is 5.32 Å². The van der Waals surface area contributed by atoms with Gasteiger partial charge in [-0.3, -0.25) is 0 Å². The number of aromatic nitrogens is 1. The van der Waals surface area contributed by atoms with Crippen LogP contribution in [0, 0.1) is 5.82 Å². The number of halogens is 2. The van der Waals surface area contributed by atoms with E-state index in [1.807, 2.05) is 5.51 Å². The Morgan fingerprint density at radius 3 is 3.00 bits per heavy atom. The number of rotatable bonds is 5. The van der Waals surface area contributed by atoms with Crippen LogP contribution in [0.4, 0.5) is 4.39 Å². The lowest BCUT2D eigenvalue weighted by atomic mass is 10.1. The number of thiazole rings is 1. The maximum atomic E-state index is 13.0. The van der Waals surface area contributed by atoms with E-state index in [4.69, 9.17) is 0 Å². The van der Waals surface area contributed by atoms with Crippen molar-refractivity contribution in [3.63, 3.8) is 0 Å². The van der Waals surface area contributed by atoms with E-state index in [9.17, 15) is 4.39 Å². The van der Waals surface area contributed by atoms with Gasteiger partial charge in [0.25, 0.3) is 0 Å². The summed E-state index contributed by atoms with van der Waals surface area (Å²) in [4.78, 5) is 4.23. The summed E-state index contributed by atoms with van der Waals surface area (Å²) in [5.74, 6) is -0.222. The minimum absolute atomic E-state index is 0.179. The fraction of sp³-hybridized carbons (Fsp3) is 0.308. The van der Waals surface area contributed by atoms with Gasteiger partial charge in [0.15, 0.2) is 0 Å². The molecule has 0 amide bonds. The summed E-state index contributed by atoms with van der Waals surface area (Å²) < 4.78 is 13.8. The number of nitrogens with zero attached hydrogens (tertiary/aromatic N) is 1. The zero-order valence-electron chi connectivity index (χ0n) is 9.99. The van der Waals surface area contributed by atoms with Gasteiger partial charge in [0, 0.05) is 28.9 Å². The molecule has 18 heavy (non-hydrogen) atoms. The Kier molecular flexibility index (Phi) is 4.86. The lowest BCUT2D eigenvalue weighted by Crippen LogP contribution is -2.21. The minimum Gasteiger partial charge on any atom is -0.310 e. The van der Waals surface area contributed by atoms with E-state index in [2.05, 4.69) is 38.5 Å². The predicted octanol–water partition coefficient (Wildman–Crippen LogP) is 3.94. The van der Waals surface area contributed by atoms with Crippen molar-refractivity contribution in [2.45, 2.75) is 19.4 Å². The first-order valence-corrected chi connectivity index (χ1v) is 7.46. The smallest absolute Gasteiger partial charge is 0.124 e. The number of hydrogen-bond acceptors (Lipinski definition) is 3. The molecule has 0 aliphatic carbocycles. The van der Waals surface area contributed by atoms with Gasteiger partial charge in [-0.25, -0.2) is 9.37 Å². The van der Waals surface area contributed by atoms with Gasteiger partial charge < -0.3 is 5.32 Å². The molecule has 1 aromatic heterocycles. The van der Waals surface area contributed by atoms with Gasteiger partial charge in [-0.15, -0.1) is 11.3 Å². The summed E-state index contributed by atoms with van der Waals surface area (Å²) in [7, 11) is 0. The van der Waals surface area contributed by atoms with Crippen LogP contribution in [0.5, 0.6) is 0 Å². The van der Waals surface area contributed by atoms with E-state index < -0.39 is 0 Å². The monoisotopic (exact) mass is 328 g/mol. The lowest BCUT2D eigenvalue weighted by Gasteiger charge is -2.15. The fourth-order valence-corrected chi connectivity index (χ4v) is 3.03. The third-order valence-electron chi connectivity index (χ3n) is 2.74. The molecule has 96 valence electrons. The molecule has 0 spiro atoms. The molecule has 0 radical (unpaired) electrons. The molecular weight excluding hydrogens is 315 g/mol. The largest absolute Gasteiger partial charge is 0.310 e. The van der Waals surface area contributed by atoms with Gasteiger partial charge in [-0.05, 0) is 24.6 Å². The highest BCUT2D eigenvalue weighted by Crippen LogP contribution is 2.24. The second-order valence-corrected chi connectivity index (χ2v) is 5.64. The van der Waals surface area contributed by atoms with Gasteiger partial charge in [-0.2, -0.15) is 0 Å².